The highest BCUT2D eigenvalue weighted by Crippen LogP contribution is 2.25. The highest BCUT2D eigenvalue weighted by Gasteiger charge is 2.14. The van der Waals surface area contributed by atoms with Crippen molar-refractivity contribution >= 4 is 28.3 Å². The molecule has 0 saturated carbocycles. The van der Waals surface area contributed by atoms with Crippen LogP contribution in [0.1, 0.15) is 16.1 Å². The zero-order valence-electron chi connectivity index (χ0n) is 15.8. The Morgan fingerprint density at radius 1 is 1.17 bits per heavy atom. The van der Waals surface area contributed by atoms with Crippen LogP contribution in [-0.4, -0.2) is 27.0 Å². The number of nitrogens with one attached hydrogen (secondary N) is 1. The van der Waals surface area contributed by atoms with Crippen molar-refractivity contribution in [3.05, 3.63) is 82.6 Å². The summed E-state index contributed by atoms with van der Waals surface area (Å²) in [6.07, 6.45) is 4.04. The van der Waals surface area contributed by atoms with Crippen molar-refractivity contribution in [1.82, 2.24) is 19.9 Å². The van der Waals surface area contributed by atoms with Crippen molar-refractivity contribution in [2.24, 2.45) is 0 Å². The van der Waals surface area contributed by atoms with Crippen LogP contribution in [-0.2, 0) is 11.2 Å². The highest BCUT2D eigenvalue weighted by atomic mass is 32.1. The van der Waals surface area contributed by atoms with Crippen LogP contribution < -0.4 is 5.32 Å². The van der Waals surface area contributed by atoms with Gasteiger partial charge >= 0.3 is 0 Å². The Bertz CT molecular complexity index is 1160. The first kappa shape index (κ1) is 19.0. The Kier molecular flexibility index (Phi) is 5.48. The minimum Gasteiger partial charge on any atom is -0.352 e. The molecule has 0 aliphatic rings. The number of rotatable bonds is 6. The number of fused-ring (bicyclic) bond motifs is 1. The molecule has 0 spiro atoms. The summed E-state index contributed by atoms with van der Waals surface area (Å²) in [6, 6.07) is 15.8. The molecule has 0 fully saturated rings. The number of aromatic nitrogens is 3. The van der Waals surface area contributed by atoms with Gasteiger partial charge in [0.25, 0.3) is 0 Å². The molecule has 0 saturated heterocycles. The normalized spacial score (nSPS) is 11.4. The van der Waals surface area contributed by atoms with E-state index < -0.39 is 0 Å². The fourth-order valence-electron chi connectivity index (χ4n) is 2.93. The SMILES string of the molecule is Cc1c(CCNC(=O)/C=C/c2ccccc2)sc2nc(-c3ccc(F)cc3)nn12. The molecule has 0 unspecified atom stereocenters. The lowest BCUT2D eigenvalue weighted by Gasteiger charge is -2.02. The third-order valence-electron chi connectivity index (χ3n) is 4.49. The van der Waals surface area contributed by atoms with E-state index in [0.717, 1.165) is 26.7 Å². The Morgan fingerprint density at radius 2 is 1.93 bits per heavy atom. The molecule has 4 aromatic rings. The average molecular weight is 406 g/mol. The molecule has 0 bridgehead atoms. The van der Waals surface area contributed by atoms with Crippen LogP contribution in [0.15, 0.2) is 60.7 Å². The van der Waals surface area contributed by atoms with Gasteiger partial charge in [-0.05, 0) is 42.8 Å². The predicted octanol–water partition coefficient (Wildman–Crippen LogP) is 4.28. The summed E-state index contributed by atoms with van der Waals surface area (Å²) in [6.45, 7) is 2.52. The van der Waals surface area contributed by atoms with Crippen LogP contribution in [0.25, 0.3) is 22.4 Å². The molecule has 2 heterocycles. The molecule has 1 amide bonds. The summed E-state index contributed by atoms with van der Waals surface area (Å²) >= 11 is 1.55. The second-order valence-corrected chi connectivity index (χ2v) is 7.59. The summed E-state index contributed by atoms with van der Waals surface area (Å²) in [5.41, 5.74) is 2.77. The van der Waals surface area contributed by atoms with E-state index in [1.54, 1.807) is 40.1 Å². The van der Waals surface area contributed by atoms with E-state index >= 15 is 0 Å². The smallest absolute Gasteiger partial charge is 0.244 e. The second kappa shape index (κ2) is 8.36. The zero-order chi connectivity index (χ0) is 20.2. The molecule has 146 valence electrons. The first-order chi connectivity index (χ1) is 14.1. The van der Waals surface area contributed by atoms with E-state index in [1.807, 2.05) is 37.3 Å². The van der Waals surface area contributed by atoms with E-state index in [9.17, 15) is 9.18 Å². The zero-order valence-corrected chi connectivity index (χ0v) is 16.6. The van der Waals surface area contributed by atoms with Gasteiger partial charge < -0.3 is 5.32 Å². The third-order valence-corrected chi connectivity index (χ3v) is 5.69. The highest BCUT2D eigenvalue weighted by molar-refractivity contribution is 7.17. The lowest BCUT2D eigenvalue weighted by molar-refractivity contribution is -0.116. The summed E-state index contributed by atoms with van der Waals surface area (Å²) < 4.78 is 14.9. The third kappa shape index (κ3) is 4.41. The summed E-state index contributed by atoms with van der Waals surface area (Å²) in [5.74, 6) is 0.170. The Morgan fingerprint density at radius 3 is 2.66 bits per heavy atom. The molecule has 0 atom stereocenters. The Hall–Kier alpha value is -3.32. The lowest BCUT2D eigenvalue weighted by atomic mass is 10.2. The van der Waals surface area contributed by atoms with Gasteiger partial charge in [0, 0.05) is 29.5 Å². The number of aryl methyl sites for hydroxylation is 1. The topological polar surface area (TPSA) is 59.3 Å². The maximum absolute atomic E-state index is 13.1. The molecule has 0 aliphatic carbocycles. The van der Waals surface area contributed by atoms with E-state index in [1.165, 1.54) is 12.1 Å². The van der Waals surface area contributed by atoms with Crippen molar-refractivity contribution < 1.29 is 9.18 Å². The van der Waals surface area contributed by atoms with E-state index in [-0.39, 0.29) is 11.7 Å². The van der Waals surface area contributed by atoms with Crippen LogP contribution >= 0.6 is 11.3 Å². The van der Waals surface area contributed by atoms with Crippen LogP contribution in [0, 0.1) is 12.7 Å². The average Bonchev–Trinajstić information content (AvgIpc) is 3.27. The van der Waals surface area contributed by atoms with E-state index in [0.29, 0.717) is 18.8 Å². The fourth-order valence-corrected chi connectivity index (χ4v) is 3.99. The second-order valence-electron chi connectivity index (χ2n) is 6.53. The summed E-state index contributed by atoms with van der Waals surface area (Å²) in [5, 5.41) is 7.44. The quantitative estimate of drug-likeness (QED) is 0.486. The minimum atomic E-state index is -0.283. The fraction of sp³-hybridized carbons (Fsp3) is 0.136. The van der Waals surface area contributed by atoms with Gasteiger partial charge in [-0.15, -0.1) is 5.10 Å². The summed E-state index contributed by atoms with van der Waals surface area (Å²) in [7, 11) is 0. The monoisotopic (exact) mass is 406 g/mol. The van der Waals surface area contributed by atoms with Gasteiger partial charge in [0.2, 0.25) is 10.9 Å². The molecule has 2 aromatic heterocycles. The van der Waals surface area contributed by atoms with Gasteiger partial charge in [0.1, 0.15) is 5.82 Å². The van der Waals surface area contributed by atoms with Gasteiger partial charge in [-0.3, -0.25) is 4.79 Å². The maximum Gasteiger partial charge on any atom is 0.244 e. The van der Waals surface area contributed by atoms with Crippen LogP contribution in [0.5, 0.6) is 0 Å². The number of nitrogens with zero attached hydrogens (tertiary/aromatic N) is 3. The predicted molar refractivity (Wildman–Crippen MR) is 113 cm³/mol. The Balaban J connectivity index is 1.38. The molecular weight excluding hydrogens is 387 g/mol. The van der Waals surface area contributed by atoms with Gasteiger partial charge in [0.15, 0.2) is 5.82 Å². The number of benzene rings is 2. The largest absolute Gasteiger partial charge is 0.352 e. The van der Waals surface area contributed by atoms with Crippen molar-refractivity contribution in [3.63, 3.8) is 0 Å². The van der Waals surface area contributed by atoms with Crippen LogP contribution in [0.2, 0.25) is 0 Å². The van der Waals surface area contributed by atoms with Gasteiger partial charge in [-0.1, -0.05) is 41.7 Å². The van der Waals surface area contributed by atoms with Gasteiger partial charge in [-0.2, -0.15) is 4.98 Å². The summed E-state index contributed by atoms with van der Waals surface area (Å²) in [4.78, 5) is 18.4. The maximum atomic E-state index is 13.1. The van der Waals surface area contributed by atoms with Gasteiger partial charge in [0.05, 0.1) is 5.69 Å². The molecule has 2 aromatic carbocycles. The number of hydrogen-bond acceptors (Lipinski definition) is 4. The van der Waals surface area contributed by atoms with Crippen molar-refractivity contribution in [2.75, 3.05) is 6.54 Å². The van der Waals surface area contributed by atoms with E-state index in [4.69, 9.17) is 0 Å². The molecule has 0 radical (unpaired) electrons. The first-order valence-corrected chi connectivity index (χ1v) is 10.0. The van der Waals surface area contributed by atoms with Gasteiger partial charge in [-0.25, -0.2) is 8.91 Å². The lowest BCUT2D eigenvalue weighted by Crippen LogP contribution is -2.23. The van der Waals surface area contributed by atoms with Crippen molar-refractivity contribution in [1.29, 1.82) is 0 Å². The Labute approximate surface area is 171 Å². The van der Waals surface area contributed by atoms with Crippen molar-refractivity contribution in [2.45, 2.75) is 13.3 Å². The number of carbonyl (C=O) groups excluding carboxylic acids is 1. The molecular formula is C22H19FN4OS. The molecule has 7 heteroatoms. The molecule has 4 rings (SSSR count). The number of thiazole rings is 1. The standard InChI is InChI=1S/C22H19FN4OS/c1-15-19(13-14-24-20(28)12-7-16-5-3-2-4-6-16)29-22-25-21(26-27(15)22)17-8-10-18(23)11-9-17/h2-12H,13-14H2,1H3,(H,24,28)/b12-7+. The number of hydrogen-bond donors (Lipinski definition) is 1. The first-order valence-electron chi connectivity index (χ1n) is 9.22. The van der Waals surface area contributed by atoms with Crippen LogP contribution in [0.3, 0.4) is 0 Å². The minimum absolute atomic E-state index is 0.121. The number of amides is 1. The number of halogens is 1. The van der Waals surface area contributed by atoms with Crippen molar-refractivity contribution in [3.8, 4) is 11.4 Å². The molecule has 5 nitrogen and oxygen atoms in total. The molecule has 29 heavy (non-hydrogen) atoms. The van der Waals surface area contributed by atoms with E-state index in [2.05, 4.69) is 15.4 Å². The molecule has 1 N–H and O–H groups in total. The molecule has 0 aliphatic heterocycles. The van der Waals surface area contributed by atoms with Crippen LogP contribution in [0.4, 0.5) is 4.39 Å². The number of carbonyl (C=O) groups is 1.